The standard InChI is InChI=1S/C25H21ClN8O/c1-33(23-18-7-6-16(26)13-21(18)34-14-29-32-25(34)31-23)17-5-3-4-15(12-17)20-9-8-19(24(30-20)35-2)22-27-10-11-28-22/h3-9,12-14H,10-11H2,1-2H3,(H,27,28). The number of benzene rings is 2. The molecule has 0 saturated heterocycles. The average Bonchev–Trinajstić information content (AvgIpc) is 3.60. The summed E-state index contributed by atoms with van der Waals surface area (Å²) in [7, 11) is 3.60. The number of aromatic nitrogens is 5. The lowest BCUT2D eigenvalue weighted by atomic mass is 10.1. The van der Waals surface area contributed by atoms with Gasteiger partial charge in [0.1, 0.15) is 18.0 Å². The Balaban J connectivity index is 1.42. The maximum atomic E-state index is 6.28. The molecule has 4 heterocycles. The molecule has 0 spiro atoms. The second-order valence-corrected chi connectivity index (χ2v) is 8.55. The molecule has 0 aliphatic carbocycles. The molecule has 0 bridgehead atoms. The lowest BCUT2D eigenvalue weighted by molar-refractivity contribution is 0.397. The van der Waals surface area contributed by atoms with E-state index in [4.69, 9.17) is 26.3 Å². The zero-order valence-corrected chi connectivity index (χ0v) is 19.9. The van der Waals surface area contributed by atoms with Gasteiger partial charge in [-0.2, -0.15) is 4.98 Å². The summed E-state index contributed by atoms with van der Waals surface area (Å²) in [6.07, 6.45) is 1.64. The van der Waals surface area contributed by atoms with Crippen LogP contribution < -0.4 is 15.0 Å². The highest BCUT2D eigenvalue weighted by atomic mass is 35.5. The summed E-state index contributed by atoms with van der Waals surface area (Å²) in [4.78, 5) is 16.0. The predicted molar refractivity (Wildman–Crippen MR) is 137 cm³/mol. The summed E-state index contributed by atoms with van der Waals surface area (Å²) < 4.78 is 7.41. The minimum absolute atomic E-state index is 0.503. The first-order valence-electron chi connectivity index (χ1n) is 11.1. The SMILES string of the molecule is COc1nc(-c2cccc(N(C)c3nc4nncn4c4cc(Cl)ccc34)c2)ccc1C1=NCCN1. The summed E-state index contributed by atoms with van der Waals surface area (Å²) in [6.45, 7) is 1.58. The highest BCUT2D eigenvalue weighted by Crippen LogP contribution is 2.33. The molecule has 1 aliphatic rings. The topological polar surface area (TPSA) is 92.8 Å². The first-order chi connectivity index (χ1) is 17.1. The molecule has 9 nitrogen and oxygen atoms in total. The normalized spacial score (nSPS) is 13.2. The number of aliphatic imine (C=N–C) groups is 1. The summed E-state index contributed by atoms with van der Waals surface area (Å²) in [5.74, 6) is 2.61. The van der Waals surface area contributed by atoms with Crippen molar-refractivity contribution >= 4 is 45.6 Å². The molecule has 0 amide bonds. The van der Waals surface area contributed by atoms with Crippen molar-refractivity contribution in [3.63, 3.8) is 0 Å². The van der Waals surface area contributed by atoms with Gasteiger partial charge in [0, 0.05) is 35.3 Å². The fourth-order valence-corrected chi connectivity index (χ4v) is 4.46. The van der Waals surface area contributed by atoms with Crippen molar-refractivity contribution in [2.75, 3.05) is 32.1 Å². The molecule has 0 unspecified atom stereocenters. The van der Waals surface area contributed by atoms with E-state index in [-0.39, 0.29) is 0 Å². The lowest BCUT2D eigenvalue weighted by Gasteiger charge is -2.21. The molecule has 10 heteroatoms. The van der Waals surface area contributed by atoms with Gasteiger partial charge in [0.05, 0.1) is 30.4 Å². The van der Waals surface area contributed by atoms with Crippen LogP contribution in [0.3, 0.4) is 0 Å². The molecule has 0 fully saturated rings. The number of rotatable bonds is 5. The molecule has 1 aliphatic heterocycles. The number of pyridine rings is 1. The lowest BCUT2D eigenvalue weighted by Crippen LogP contribution is -2.20. The van der Waals surface area contributed by atoms with E-state index in [1.807, 2.05) is 64.9 Å². The number of anilines is 2. The number of amidine groups is 1. The number of methoxy groups -OCH3 is 1. The van der Waals surface area contributed by atoms with E-state index in [1.165, 1.54) is 0 Å². The summed E-state index contributed by atoms with van der Waals surface area (Å²) in [5.41, 5.74) is 4.45. The zero-order chi connectivity index (χ0) is 23.9. The molecule has 0 atom stereocenters. The van der Waals surface area contributed by atoms with Gasteiger partial charge in [0.15, 0.2) is 0 Å². The Bertz CT molecular complexity index is 1610. The van der Waals surface area contributed by atoms with Crippen LogP contribution in [-0.2, 0) is 0 Å². The summed E-state index contributed by atoms with van der Waals surface area (Å²) >= 11 is 6.28. The third-order valence-electron chi connectivity index (χ3n) is 6.03. The summed E-state index contributed by atoms with van der Waals surface area (Å²) in [5, 5.41) is 13.0. The second-order valence-electron chi connectivity index (χ2n) is 8.12. The molecule has 174 valence electrons. The van der Waals surface area contributed by atoms with Crippen LogP contribution in [0.1, 0.15) is 5.56 Å². The Morgan fingerprint density at radius 2 is 2.00 bits per heavy atom. The molecule has 6 rings (SSSR count). The Hall–Kier alpha value is -4.24. The third-order valence-corrected chi connectivity index (χ3v) is 6.26. The molecule has 35 heavy (non-hydrogen) atoms. The van der Waals surface area contributed by atoms with Gasteiger partial charge in [-0.3, -0.25) is 9.39 Å². The summed E-state index contributed by atoms with van der Waals surface area (Å²) in [6, 6.07) is 17.8. The number of ether oxygens (including phenoxy) is 1. The number of nitrogens with one attached hydrogen (secondary N) is 1. The van der Waals surface area contributed by atoms with Crippen molar-refractivity contribution in [1.29, 1.82) is 0 Å². The van der Waals surface area contributed by atoms with Crippen LogP contribution in [0.2, 0.25) is 5.02 Å². The molecule has 2 aromatic carbocycles. The Labute approximate surface area is 206 Å². The fourth-order valence-electron chi connectivity index (χ4n) is 4.29. The van der Waals surface area contributed by atoms with Gasteiger partial charge in [-0.05, 0) is 42.5 Å². The van der Waals surface area contributed by atoms with Crippen molar-refractivity contribution in [1.82, 2.24) is 29.9 Å². The van der Waals surface area contributed by atoms with E-state index >= 15 is 0 Å². The largest absolute Gasteiger partial charge is 0.480 e. The van der Waals surface area contributed by atoms with Crippen LogP contribution >= 0.6 is 11.6 Å². The van der Waals surface area contributed by atoms with E-state index in [0.717, 1.165) is 58.2 Å². The minimum atomic E-state index is 0.503. The van der Waals surface area contributed by atoms with E-state index in [1.54, 1.807) is 13.4 Å². The molecule has 1 N–H and O–H groups in total. The number of halogens is 1. The molecule has 0 radical (unpaired) electrons. The van der Waals surface area contributed by atoms with Crippen LogP contribution in [-0.4, -0.2) is 57.6 Å². The number of hydrogen-bond donors (Lipinski definition) is 1. The van der Waals surface area contributed by atoms with Crippen LogP contribution in [0.4, 0.5) is 11.5 Å². The fraction of sp³-hybridized carbons (Fsp3) is 0.160. The van der Waals surface area contributed by atoms with Gasteiger partial charge >= 0.3 is 0 Å². The molecule has 0 saturated carbocycles. The van der Waals surface area contributed by atoms with Crippen molar-refractivity contribution in [3.8, 4) is 17.1 Å². The first kappa shape index (κ1) is 21.3. The highest BCUT2D eigenvalue weighted by Gasteiger charge is 2.18. The highest BCUT2D eigenvalue weighted by molar-refractivity contribution is 6.31. The monoisotopic (exact) mass is 484 g/mol. The first-order valence-corrected chi connectivity index (χ1v) is 11.5. The Kier molecular flexibility index (Phi) is 5.18. The van der Waals surface area contributed by atoms with Gasteiger partial charge in [-0.15, -0.1) is 10.2 Å². The molecule has 3 aromatic heterocycles. The smallest absolute Gasteiger partial charge is 0.257 e. The third kappa shape index (κ3) is 3.70. The molecular formula is C25H21ClN8O. The van der Waals surface area contributed by atoms with Crippen molar-refractivity contribution in [3.05, 3.63) is 71.5 Å². The quantitative estimate of drug-likeness (QED) is 0.401. The van der Waals surface area contributed by atoms with Crippen molar-refractivity contribution in [2.24, 2.45) is 4.99 Å². The maximum Gasteiger partial charge on any atom is 0.257 e. The number of fused-ring (bicyclic) bond motifs is 3. The van der Waals surface area contributed by atoms with Crippen molar-refractivity contribution in [2.45, 2.75) is 0 Å². The van der Waals surface area contributed by atoms with Gasteiger partial charge in [-0.25, -0.2) is 4.98 Å². The number of nitrogens with zero attached hydrogens (tertiary/aromatic N) is 7. The Morgan fingerprint density at radius 1 is 1.09 bits per heavy atom. The minimum Gasteiger partial charge on any atom is -0.480 e. The van der Waals surface area contributed by atoms with E-state index in [0.29, 0.717) is 16.7 Å². The van der Waals surface area contributed by atoms with Crippen LogP contribution in [0, 0.1) is 0 Å². The second kappa shape index (κ2) is 8.52. The van der Waals surface area contributed by atoms with Crippen LogP contribution in [0.25, 0.3) is 27.9 Å². The zero-order valence-electron chi connectivity index (χ0n) is 19.1. The Morgan fingerprint density at radius 3 is 2.83 bits per heavy atom. The van der Waals surface area contributed by atoms with Gasteiger partial charge in [-0.1, -0.05) is 23.7 Å². The van der Waals surface area contributed by atoms with E-state index < -0.39 is 0 Å². The maximum absolute atomic E-state index is 6.28. The van der Waals surface area contributed by atoms with Gasteiger partial charge in [0.25, 0.3) is 5.78 Å². The van der Waals surface area contributed by atoms with Crippen molar-refractivity contribution < 1.29 is 4.74 Å². The van der Waals surface area contributed by atoms with Crippen LogP contribution in [0.5, 0.6) is 5.88 Å². The molecular weight excluding hydrogens is 464 g/mol. The number of hydrogen-bond acceptors (Lipinski definition) is 8. The predicted octanol–water partition coefficient (Wildman–Crippen LogP) is 4.12. The van der Waals surface area contributed by atoms with E-state index in [9.17, 15) is 0 Å². The van der Waals surface area contributed by atoms with E-state index in [2.05, 4.69) is 26.6 Å². The van der Waals surface area contributed by atoms with Crippen LogP contribution in [0.15, 0.2) is 65.9 Å². The van der Waals surface area contributed by atoms with Gasteiger partial charge in [0.2, 0.25) is 5.88 Å². The van der Waals surface area contributed by atoms with Gasteiger partial charge < -0.3 is 15.0 Å². The average molecular weight is 485 g/mol. The molecule has 5 aromatic rings.